The summed E-state index contributed by atoms with van der Waals surface area (Å²) < 4.78 is 7.00. The second-order valence-corrected chi connectivity index (χ2v) is 2.77. The molecule has 0 saturated heterocycles. The molecule has 1 heterocycles. The van der Waals surface area contributed by atoms with Gasteiger partial charge in [-0.2, -0.15) is 0 Å². The van der Waals surface area contributed by atoms with Crippen molar-refractivity contribution in [1.29, 1.82) is 5.41 Å². The highest BCUT2D eigenvalue weighted by molar-refractivity contribution is 5.79. The molecule has 0 aliphatic rings. The third kappa shape index (κ3) is 1.24. The van der Waals surface area contributed by atoms with E-state index in [2.05, 4.69) is 0 Å². The van der Waals surface area contributed by atoms with Crippen LogP contribution in [0.3, 0.4) is 0 Å². The quantitative estimate of drug-likeness (QED) is 0.623. The number of ether oxygens (including phenoxy) is 1. The number of hydrogen-bond donors (Lipinski definition) is 1. The van der Waals surface area contributed by atoms with Gasteiger partial charge in [-0.25, -0.2) is 4.79 Å². The van der Waals surface area contributed by atoms with Crippen LogP contribution in [0.25, 0.3) is 0 Å². The van der Waals surface area contributed by atoms with Crippen molar-refractivity contribution >= 4 is 6.21 Å². The summed E-state index contributed by atoms with van der Waals surface area (Å²) in [5, 5.41) is 7.06. The lowest BCUT2D eigenvalue weighted by Gasteiger charge is -2.10. The molecule has 0 bridgehead atoms. The molecule has 0 aliphatic heterocycles. The average molecular weight is 197 g/mol. The minimum Gasteiger partial charge on any atom is -0.481 e. The smallest absolute Gasteiger partial charge is 0.333 e. The van der Waals surface area contributed by atoms with Gasteiger partial charge in [-0.05, 0) is 0 Å². The molecule has 0 spiro atoms. The zero-order valence-corrected chi connectivity index (χ0v) is 8.20. The van der Waals surface area contributed by atoms with Gasteiger partial charge in [0.1, 0.15) is 5.56 Å². The van der Waals surface area contributed by atoms with E-state index in [9.17, 15) is 9.59 Å². The van der Waals surface area contributed by atoms with Crippen LogP contribution in [0.4, 0.5) is 0 Å². The van der Waals surface area contributed by atoms with E-state index in [1.165, 1.54) is 25.8 Å². The van der Waals surface area contributed by atoms with Crippen molar-refractivity contribution in [3.8, 4) is 5.88 Å². The Morgan fingerprint density at radius 1 is 1.29 bits per heavy atom. The first-order valence-corrected chi connectivity index (χ1v) is 3.89. The minimum absolute atomic E-state index is 0.0668. The van der Waals surface area contributed by atoms with Crippen molar-refractivity contribution in [2.75, 3.05) is 7.11 Å². The van der Waals surface area contributed by atoms with E-state index in [1.807, 2.05) is 0 Å². The summed E-state index contributed by atoms with van der Waals surface area (Å²) in [6, 6.07) is 0. The Labute approximate surface area is 79.9 Å². The average Bonchev–Trinajstić information content (AvgIpc) is 2.20. The first-order valence-electron chi connectivity index (χ1n) is 3.89. The Kier molecular flexibility index (Phi) is 2.55. The topological polar surface area (TPSA) is 77.1 Å². The van der Waals surface area contributed by atoms with Crippen LogP contribution >= 0.6 is 0 Å². The molecule has 0 radical (unpaired) electrons. The van der Waals surface area contributed by atoms with Crippen LogP contribution in [0, 0.1) is 5.41 Å². The van der Waals surface area contributed by atoms with Crippen molar-refractivity contribution in [3.05, 3.63) is 26.4 Å². The van der Waals surface area contributed by atoms with Crippen molar-refractivity contribution in [1.82, 2.24) is 9.13 Å². The van der Waals surface area contributed by atoms with E-state index in [4.69, 9.17) is 10.1 Å². The minimum atomic E-state index is -0.528. The van der Waals surface area contributed by atoms with Crippen LogP contribution in [0.5, 0.6) is 5.88 Å². The van der Waals surface area contributed by atoms with Gasteiger partial charge in [-0.1, -0.05) is 0 Å². The van der Waals surface area contributed by atoms with Gasteiger partial charge in [0.15, 0.2) is 0 Å². The maximum absolute atomic E-state index is 11.5. The molecule has 0 amide bonds. The molecule has 6 heteroatoms. The third-order valence-corrected chi connectivity index (χ3v) is 1.98. The highest BCUT2D eigenvalue weighted by atomic mass is 16.5. The predicted octanol–water partition coefficient (Wildman–Crippen LogP) is -0.910. The van der Waals surface area contributed by atoms with Crippen LogP contribution in [0.2, 0.25) is 0 Å². The molecular formula is C8H11N3O3. The van der Waals surface area contributed by atoms with Crippen LogP contribution < -0.4 is 16.0 Å². The molecule has 0 fully saturated rings. The number of aromatic nitrogens is 2. The Bertz CT molecular complexity index is 484. The Hall–Kier alpha value is -1.85. The van der Waals surface area contributed by atoms with Crippen LogP contribution in [0.1, 0.15) is 5.56 Å². The Morgan fingerprint density at radius 3 is 2.29 bits per heavy atom. The van der Waals surface area contributed by atoms with Gasteiger partial charge in [0, 0.05) is 20.3 Å². The molecule has 0 unspecified atom stereocenters. The van der Waals surface area contributed by atoms with E-state index < -0.39 is 11.2 Å². The number of rotatable bonds is 2. The molecule has 1 rings (SSSR count). The molecule has 0 aromatic carbocycles. The lowest BCUT2D eigenvalue weighted by Crippen LogP contribution is -2.39. The summed E-state index contributed by atoms with van der Waals surface area (Å²) in [4.78, 5) is 22.9. The lowest BCUT2D eigenvalue weighted by atomic mass is 10.3. The van der Waals surface area contributed by atoms with E-state index in [1.54, 1.807) is 0 Å². The van der Waals surface area contributed by atoms with E-state index in [0.717, 1.165) is 10.8 Å². The fraction of sp³-hybridized carbons (Fsp3) is 0.375. The van der Waals surface area contributed by atoms with E-state index in [-0.39, 0.29) is 11.4 Å². The molecule has 0 aliphatic carbocycles. The summed E-state index contributed by atoms with van der Waals surface area (Å²) in [6.45, 7) is 0. The monoisotopic (exact) mass is 197 g/mol. The molecule has 14 heavy (non-hydrogen) atoms. The predicted molar refractivity (Wildman–Crippen MR) is 51.4 cm³/mol. The molecule has 1 N–H and O–H groups in total. The molecule has 0 atom stereocenters. The maximum atomic E-state index is 11.5. The van der Waals surface area contributed by atoms with Crippen molar-refractivity contribution < 1.29 is 4.74 Å². The number of methoxy groups -OCH3 is 1. The van der Waals surface area contributed by atoms with Gasteiger partial charge < -0.3 is 10.1 Å². The SMILES string of the molecule is COc1c(C=N)c(=O)n(C)c(=O)n1C. The zero-order chi connectivity index (χ0) is 10.9. The van der Waals surface area contributed by atoms with Gasteiger partial charge in [-0.15, -0.1) is 0 Å². The Balaban J connectivity index is 3.84. The highest BCUT2D eigenvalue weighted by Gasteiger charge is 2.13. The second kappa shape index (κ2) is 3.49. The van der Waals surface area contributed by atoms with Gasteiger partial charge >= 0.3 is 5.69 Å². The van der Waals surface area contributed by atoms with Crippen LogP contribution in [0.15, 0.2) is 9.59 Å². The molecule has 0 saturated carbocycles. The van der Waals surface area contributed by atoms with Crippen molar-refractivity contribution in [2.24, 2.45) is 14.1 Å². The van der Waals surface area contributed by atoms with Crippen LogP contribution in [-0.2, 0) is 14.1 Å². The highest BCUT2D eigenvalue weighted by Crippen LogP contribution is 2.07. The molecular weight excluding hydrogens is 186 g/mol. The van der Waals surface area contributed by atoms with Crippen molar-refractivity contribution in [3.63, 3.8) is 0 Å². The molecule has 1 aromatic rings. The molecule has 76 valence electrons. The summed E-state index contributed by atoms with van der Waals surface area (Å²) in [6.07, 6.45) is 0.876. The molecule has 1 aromatic heterocycles. The zero-order valence-electron chi connectivity index (χ0n) is 8.20. The molecule has 6 nitrogen and oxygen atoms in total. The summed E-state index contributed by atoms with van der Waals surface area (Å²) in [5.41, 5.74) is -0.936. The largest absolute Gasteiger partial charge is 0.481 e. The first-order chi connectivity index (χ1) is 6.54. The van der Waals surface area contributed by atoms with Gasteiger partial charge in [0.25, 0.3) is 5.56 Å². The second-order valence-electron chi connectivity index (χ2n) is 2.77. The Morgan fingerprint density at radius 2 is 1.86 bits per heavy atom. The lowest BCUT2D eigenvalue weighted by molar-refractivity contribution is 0.367. The normalized spacial score (nSPS) is 9.93. The van der Waals surface area contributed by atoms with E-state index in [0.29, 0.717) is 0 Å². The summed E-state index contributed by atoms with van der Waals surface area (Å²) in [7, 11) is 4.19. The van der Waals surface area contributed by atoms with Gasteiger partial charge in [0.05, 0.1) is 7.11 Å². The van der Waals surface area contributed by atoms with Crippen molar-refractivity contribution in [2.45, 2.75) is 0 Å². The van der Waals surface area contributed by atoms with Gasteiger partial charge in [-0.3, -0.25) is 13.9 Å². The summed E-state index contributed by atoms with van der Waals surface area (Å²) >= 11 is 0. The maximum Gasteiger partial charge on any atom is 0.333 e. The fourth-order valence-corrected chi connectivity index (χ4v) is 1.22. The fourth-order valence-electron chi connectivity index (χ4n) is 1.22. The standard InChI is InChI=1S/C8H11N3O3/c1-10-6(12)5(4-9)7(14-3)11(2)8(10)13/h4,9H,1-3H3. The van der Waals surface area contributed by atoms with Gasteiger partial charge in [0.2, 0.25) is 5.88 Å². The number of nitrogens with one attached hydrogen (secondary N) is 1. The first kappa shape index (κ1) is 10.2. The summed E-state index contributed by atoms with van der Waals surface area (Å²) in [5.74, 6) is 0.105. The van der Waals surface area contributed by atoms with E-state index >= 15 is 0 Å². The third-order valence-electron chi connectivity index (χ3n) is 1.98. The number of nitrogens with zero attached hydrogens (tertiary/aromatic N) is 2. The number of hydrogen-bond acceptors (Lipinski definition) is 4. The van der Waals surface area contributed by atoms with Crippen LogP contribution in [-0.4, -0.2) is 22.5 Å².